The Hall–Kier alpha value is -0.900. The monoisotopic (exact) mass is 341 g/mol. The van der Waals surface area contributed by atoms with Crippen molar-refractivity contribution in [1.82, 2.24) is 0 Å². The van der Waals surface area contributed by atoms with Crippen LogP contribution in [0.4, 0.5) is 4.39 Å². The van der Waals surface area contributed by atoms with Crippen LogP contribution in [0.2, 0.25) is 5.02 Å². The fourth-order valence-corrected chi connectivity index (χ4v) is 2.63. The van der Waals surface area contributed by atoms with Gasteiger partial charge in [-0.15, -0.1) is 0 Å². The Morgan fingerprint density at radius 1 is 1.11 bits per heavy atom. The molecule has 0 radical (unpaired) electrons. The van der Waals surface area contributed by atoms with Crippen LogP contribution >= 0.6 is 27.5 Å². The summed E-state index contributed by atoms with van der Waals surface area (Å²) in [5.74, 6) is -0.358. The van der Waals surface area contributed by atoms with Gasteiger partial charge in [0.15, 0.2) is 0 Å². The number of nitrogens with two attached hydrogens (primary N) is 1. The second kappa shape index (κ2) is 5.61. The van der Waals surface area contributed by atoms with Crippen LogP contribution < -0.4 is 5.73 Å². The molecule has 0 saturated carbocycles. The lowest BCUT2D eigenvalue weighted by molar-refractivity contribution is 0.598. The average molecular weight is 343 g/mol. The Labute approximate surface area is 125 Å². The summed E-state index contributed by atoms with van der Waals surface area (Å²) in [6.45, 7) is 3.99. The van der Waals surface area contributed by atoms with Gasteiger partial charge in [-0.05, 0) is 47.5 Å². The molecule has 0 heterocycles. The zero-order valence-corrected chi connectivity index (χ0v) is 13.0. The van der Waals surface area contributed by atoms with E-state index in [0.717, 1.165) is 16.7 Å². The first kappa shape index (κ1) is 14.5. The van der Waals surface area contributed by atoms with Crippen molar-refractivity contribution >= 4 is 27.5 Å². The molecule has 100 valence electrons. The highest BCUT2D eigenvalue weighted by Crippen LogP contribution is 2.31. The maximum absolute atomic E-state index is 14.0. The summed E-state index contributed by atoms with van der Waals surface area (Å²) in [6, 6.07) is 8.38. The number of halogens is 3. The molecule has 2 aromatic carbocycles. The minimum absolute atomic E-state index is 0.358. The zero-order valence-electron chi connectivity index (χ0n) is 10.7. The molecule has 1 atom stereocenters. The number of aryl methyl sites for hydroxylation is 2. The van der Waals surface area contributed by atoms with Gasteiger partial charge >= 0.3 is 0 Å². The predicted molar refractivity (Wildman–Crippen MR) is 81.1 cm³/mol. The SMILES string of the molecule is Cc1cc(C)cc(C(N)c2cc(Cl)c(Br)cc2F)c1. The third-order valence-electron chi connectivity index (χ3n) is 2.98. The van der Waals surface area contributed by atoms with E-state index in [9.17, 15) is 4.39 Å². The number of hydrogen-bond donors (Lipinski definition) is 1. The van der Waals surface area contributed by atoms with Crippen molar-refractivity contribution in [1.29, 1.82) is 0 Å². The average Bonchev–Trinajstić information content (AvgIpc) is 2.31. The summed E-state index contributed by atoms with van der Waals surface area (Å²) in [6.07, 6.45) is 0. The van der Waals surface area contributed by atoms with E-state index in [0.29, 0.717) is 15.1 Å². The van der Waals surface area contributed by atoms with Crippen LogP contribution in [0.15, 0.2) is 34.8 Å². The van der Waals surface area contributed by atoms with Gasteiger partial charge < -0.3 is 5.73 Å². The fourth-order valence-electron chi connectivity index (χ4n) is 2.15. The van der Waals surface area contributed by atoms with Crippen LogP contribution in [-0.4, -0.2) is 0 Å². The molecular weight excluding hydrogens is 329 g/mol. The van der Waals surface area contributed by atoms with E-state index in [1.807, 2.05) is 26.0 Å². The van der Waals surface area contributed by atoms with Gasteiger partial charge in [0.2, 0.25) is 0 Å². The van der Waals surface area contributed by atoms with E-state index in [2.05, 4.69) is 22.0 Å². The van der Waals surface area contributed by atoms with Crippen LogP contribution in [0.5, 0.6) is 0 Å². The van der Waals surface area contributed by atoms with E-state index in [4.69, 9.17) is 17.3 Å². The highest BCUT2D eigenvalue weighted by atomic mass is 79.9. The van der Waals surface area contributed by atoms with Crippen molar-refractivity contribution in [2.45, 2.75) is 19.9 Å². The summed E-state index contributed by atoms with van der Waals surface area (Å²) >= 11 is 9.21. The molecule has 1 unspecified atom stereocenters. The van der Waals surface area contributed by atoms with E-state index in [-0.39, 0.29) is 5.82 Å². The first-order valence-electron chi connectivity index (χ1n) is 5.86. The largest absolute Gasteiger partial charge is 0.320 e. The fraction of sp³-hybridized carbons (Fsp3) is 0.200. The summed E-state index contributed by atoms with van der Waals surface area (Å²) in [4.78, 5) is 0. The van der Waals surface area contributed by atoms with Crippen molar-refractivity contribution in [2.75, 3.05) is 0 Å². The Bertz CT molecular complexity index is 608. The van der Waals surface area contributed by atoms with Gasteiger partial charge in [-0.25, -0.2) is 4.39 Å². The first-order valence-corrected chi connectivity index (χ1v) is 7.04. The van der Waals surface area contributed by atoms with Gasteiger partial charge in [-0.1, -0.05) is 40.9 Å². The Balaban J connectivity index is 2.49. The third kappa shape index (κ3) is 3.16. The van der Waals surface area contributed by atoms with E-state index >= 15 is 0 Å². The molecule has 0 aliphatic heterocycles. The number of benzene rings is 2. The van der Waals surface area contributed by atoms with Crippen LogP contribution in [-0.2, 0) is 0 Å². The molecule has 2 N–H and O–H groups in total. The normalized spacial score (nSPS) is 12.5. The Morgan fingerprint density at radius 3 is 2.26 bits per heavy atom. The molecule has 0 spiro atoms. The molecule has 2 aromatic rings. The summed E-state index contributed by atoms with van der Waals surface area (Å²) < 4.78 is 14.5. The van der Waals surface area contributed by atoms with Gasteiger partial charge in [-0.2, -0.15) is 0 Å². The first-order chi connectivity index (χ1) is 8.88. The smallest absolute Gasteiger partial charge is 0.129 e. The van der Waals surface area contributed by atoms with Gasteiger partial charge in [0.25, 0.3) is 0 Å². The van der Waals surface area contributed by atoms with E-state index in [1.54, 1.807) is 6.07 Å². The zero-order chi connectivity index (χ0) is 14.2. The molecule has 4 heteroatoms. The lowest BCUT2D eigenvalue weighted by Gasteiger charge is -2.16. The topological polar surface area (TPSA) is 26.0 Å². The van der Waals surface area contributed by atoms with E-state index in [1.165, 1.54) is 6.07 Å². The van der Waals surface area contributed by atoms with Gasteiger partial charge in [0, 0.05) is 10.0 Å². The summed E-state index contributed by atoms with van der Waals surface area (Å²) in [5.41, 5.74) is 9.66. The van der Waals surface area contributed by atoms with Crippen LogP contribution in [0.1, 0.15) is 28.3 Å². The standard InChI is InChI=1S/C15H14BrClFN/c1-8-3-9(2)5-10(4-8)15(19)11-6-13(17)12(16)7-14(11)18/h3-7,15H,19H2,1-2H3. The minimum atomic E-state index is -0.524. The van der Waals surface area contributed by atoms with Crippen molar-refractivity contribution in [3.8, 4) is 0 Å². The quantitative estimate of drug-likeness (QED) is 0.771. The molecule has 0 aromatic heterocycles. The molecular formula is C15H14BrClFN. The van der Waals surface area contributed by atoms with Crippen molar-refractivity contribution < 1.29 is 4.39 Å². The molecule has 0 amide bonds. The summed E-state index contributed by atoms with van der Waals surface area (Å²) in [7, 11) is 0. The maximum Gasteiger partial charge on any atom is 0.129 e. The maximum atomic E-state index is 14.0. The predicted octanol–water partition coefficient (Wildman–Crippen LogP) is 4.91. The van der Waals surface area contributed by atoms with E-state index < -0.39 is 6.04 Å². The lowest BCUT2D eigenvalue weighted by atomic mass is 9.96. The van der Waals surface area contributed by atoms with Gasteiger partial charge in [-0.3, -0.25) is 0 Å². The van der Waals surface area contributed by atoms with Crippen molar-refractivity contribution in [3.05, 3.63) is 67.9 Å². The van der Waals surface area contributed by atoms with Crippen molar-refractivity contribution in [2.24, 2.45) is 5.73 Å². The summed E-state index contributed by atoms with van der Waals surface area (Å²) in [5, 5.41) is 0.455. The third-order valence-corrected chi connectivity index (χ3v) is 4.17. The highest BCUT2D eigenvalue weighted by Gasteiger charge is 2.16. The van der Waals surface area contributed by atoms with Crippen LogP contribution in [0, 0.1) is 19.7 Å². The van der Waals surface area contributed by atoms with Crippen LogP contribution in [0.25, 0.3) is 0 Å². The molecule has 0 fully saturated rings. The van der Waals surface area contributed by atoms with Crippen LogP contribution in [0.3, 0.4) is 0 Å². The Kier molecular flexibility index (Phi) is 4.29. The van der Waals surface area contributed by atoms with Gasteiger partial charge in [0.1, 0.15) is 5.82 Å². The van der Waals surface area contributed by atoms with Crippen molar-refractivity contribution in [3.63, 3.8) is 0 Å². The Morgan fingerprint density at radius 2 is 1.68 bits per heavy atom. The molecule has 19 heavy (non-hydrogen) atoms. The number of rotatable bonds is 2. The second-order valence-electron chi connectivity index (χ2n) is 4.69. The molecule has 1 nitrogen and oxygen atoms in total. The molecule has 2 rings (SSSR count). The van der Waals surface area contributed by atoms with Gasteiger partial charge in [0.05, 0.1) is 11.1 Å². The molecule has 0 aliphatic rings. The molecule has 0 saturated heterocycles. The molecule has 0 bridgehead atoms. The number of hydrogen-bond acceptors (Lipinski definition) is 1. The highest BCUT2D eigenvalue weighted by molar-refractivity contribution is 9.10. The lowest BCUT2D eigenvalue weighted by Crippen LogP contribution is -2.14. The second-order valence-corrected chi connectivity index (χ2v) is 5.95. The molecule has 0 aliphatic carbocycles. The minimum Gasteiger partial charge on any atom is -0.320 e.